The smallest absolute Gasteiger partial charge is 0.416 e. The zero-order valence-corrected chi connectivity index (χ0v) is 12.2. The Morgan fingerprint density at radius 3 is 2.67 bits per heavy atom. The highest BCUT2D eigenvalue weighted by Gasteiger charge is 2.40. The molecule has 0 radical (unpaired) electrons. The molecule has 5 nitrogen and oxygen atoms in total. The molecule has 0 bridgehead atoms. The van der Waals surface area contributed by atoms with Gasteiger partial charge in [-0.2, -0.15) is 0 Å². The van der Waals surface area contributed by atoms with E-state index in [1.807, 2.05) is 30.3 Å². The fraction of sp³-hybridized carbons (Fsp3) is 0.438. The van der Waals surface area contributed by atoms with Crippen LogP contribution in [0.25, 0.3) is 0 Å². The van der Waals surface area contributed by atoms with Crippen molar-refractivity contribution in [2.24, 2.45) is 11.8 Å². The highest BCUT2D eigenvalue weighted by Crippen LogP contribution is 2.22. The van der Waals surface area contributed by atoms with E-state index in [1.165, 1.54) is 0 Å². The summed E-state index contributed by atoms with van der Waals surface area (Å²) >= 11 is 0. The SMILES string of the molecule is C[C@@H](C=O)[C@@H](C)C(=O)N1C(=O)OC[C@H]1Cc1ccccc1. The molecule has 1 saturated heterocycles. The highest BCUT2D eigenvalue weighted by molar-refractivity contribution is 5.95. The molecule has 21 heavy (non-hydrogen) atoms. The van der Waals surface area contributed by atoms with Crippen LogP contribution in [0.3, 0.4) is 0 Å². The number of imide groups is 1. The number of cyclic esters (lactones) is 1. The predicted octanol–water partition coefficient (Wildman–Crippen LogP) is 2.05. The molecule has 5 heteroatoms. The van der Waals surface area contributed by atoms with E-state index in [9.17, 15) is 14.4 Å². The summed E-state index contributed by atoms with van der Waals surface area (Å²) < 4.78 is 5.01. The third kappa shape index (κ3) is 3.29. The Morgan fingerprint density at radius 1 is 1.38 bits per heavy atom. The quantitative estimate of drug-likeness (QED) is 0.778. The third-order valence-corrected chi connectivity index (χ3v) is 3.91. The lowest BCUT2D eigenvalue weighted by atomic mass is 9.95. The minimum absolute atomic E-state index is 0.196. The van der Waals surface area contributed by atoms with Gasteiger partial charge in [-0.3, -0.25) is 4.79 Å². The summed E-state index contributed by atoms with van der Waals surface area (Å²) in [5.74, 6) is -1.31. The second-order valence-corrected chi connectivity index (χ2v) is 5.41. The zero-order valence-electron chi connectivity index (χ0n) is 12.2. The van der Waals surface area contributed by atoms with Crippen molar-refractivity contribution in [3.8, 4) is 0 Å². The fourth-order valence-corrected chi connectivity index (χ4v) is 2.33. The van der Waals surface area contributed by atoms with E-state index in [2.05, 4.69) is 0 Å². The van der Waals surface area contributed by atoms with E-state index in [4.69, 9.17) is 4.74 Å². The Labute approximate surface area is 123 Å². The van der Waals surface area contributed by atoms with E-state index in [1.54, 1.807) is 13.8 Å². The van der Waals surface area contributed by atoms with E-state index in [0.717, 1.165) is 16.7 Å². The topological polar surface area (TPSA) is 63.7 Å². The summed E-state index contributed by atoms with van der Waals surface area (Å²) in [5.41, 5.74) is 1.04. The first-order valence-electron chi connectivity index (χ1n) is 7.03. The van der Waals surface area contributed by atoms with Crippen LogP contribution in [0.1, 0.15) is 19.4 Å². The van der Waals surface area contributed by atoms with Gasteiger partial charge in [0.1, 0.15) is 12.9 Å². The summed E-state index contributed by atoms with van der Waals surface area (Å²) in [6.45, 7) is 3.53. The molecule has 112 valence electrons. The molecule has 0 spiro atoms. The Kier molecular flexibility index (Phi) is 4.73. The molecule has 1 fully saturated rings. The molecule has 1 aliphatic heterocycles. The van der Waals surface area contributed by atoms with Crippen LogP contribution in [0, 0.1) is 11.8 Å². The van der Waals surface area contributed by atoms with Gasteiger partial charge in [-0.15, -0.1) is 0 Å². The predicted molar refractivity (Wildman–Crippen MR) is 76.5 cm³/mol. The zero-order chi connectivity index (χ0) is 15.4. The van der Waals surface area contributed by atoms with Crippen molar-refractivity contribution >= 4 is 18.3 Å². The summed E-state index contributed by atoms with van der Waals surface area (Å²) in [6.07, 6.45) is 0.669. The van der Waals surface area contributed by atoms with Gasteiger partial charge in [0.05, 0.1) is 6.04 Å². The minimum atomic E-state index is -0.620. The maximum atomic E-state index is 12.4. The van der Waals surface area contributed by atoms with Gasteiger partial charge in [0, 0.05) is 11.8 Å². The van der Waals surface area contributed by atoms with Gasteiger partial charge < -0.3 is 9.53 Å². The van der Waals surface area contributed by atoms with Crippen molar-refractivity contribution in [3.05, 3.63) is 35.9 Å². The lowest BCUT2D eigenvalue weighted by Crippen LogP contribution is -2.44. The number of rotatable bonds is 5. The number of amides is 2. The molecule has 0 unspecified atom stereocenters. The molecule has 2 rings (SSSR count). The molecule has 2 amide bonds. The Bertz CT molecular complexity index is 528. The first kappa shape index (κ1) is 15.2. The van der Waals surface area contributed by atoms with Crippen molar-refractivity contribution < 1.29 is 19.1 Å². The average Bonchev–Trinajstić information content (AvgIpc) is 2.86. The highest BCUT2D eigenvalue weighted by atomic mass is 16.6. The normalized spacial score (nSPS) is 20.8. The molecule has 1 heterocycles. The summed E-state index contributed by atoms with van der Waals surface area (Å²) in [4.78, 5) is 36.2. The second-order valence-electron chi connectivity index (χ2n) is 5.41. The summed E-state index contributed by atoms with van der Waals surface area (Å²) in [7, 11) is 0. The van der Waals surface area contributed by atoms with Crippen molar-refractivity contribution in [2.75, 3.05) is 6.61 Å². The van der Waals surface area contributed by atoms with Crippen LogP contribution in [0.4, 0.5) is 4.79 Å². The number of ether oxygens (including phenoxy) is 1. The Hall–Kier alpha value is -2.17. The first-order chi connectivity index (χ1) is 10.0. The monoisotopic (exact) mass is 289 g/mol. The van der Waals surface area contributed by atoms with Gasteiger partial charge in [-0.25, -0.2) is 9.69 Å². The summed E-state index contributed by atoms with van der Waals surface area (Å²) in [6, 6.07) is 9.32. The molecule has 0 aliphatic carbocycles. The van der Waals surface area contributed by atoms with Crippen molar-refractivity contribution in [1.82, 2.24) is 4.90 Å². The molecule has 0 aromatic heterocycles. The van der Waals surface area contributed by atoms with Gasteiger partial charge in [0.2, 0.25) is 5.91 Å². The number of aldehydes is 1. The number of hydrogen-bond donors (Lipinski definition) is 0. The Morgan fingerprint density at radius 2 is 2.05 bits per heavy atom. The van der Waals surface area contributed by atoms with Gasteiger partial charge in [0.15, 0.2) is 0 Å². The van der Waals surface area contributed by atoms with Crippen molar-refractivity contribution in [2.45, 2.75) is 26.3 Å². The van der Waals surface area contributed by atoms with E-state index < -0.39 is 17.9 Å². The van der Waals surface area contributed by atoms with Crippen LogP contribution < -0.4 is 0 Å². The molecule has 1 aromatic rings. The minimum Gasteiger partial charge on any atom is -0.447 e. The van der Waals surface area contributed by atoms with Crippen LogP contribution in [-0.4, -0.2) is 35.8 Å². The standard InChI is InChI=1S/C16H19NO4/c1-11(9-18)12(2)15(19)17-14(10-21-16(17)20)8-13-6-4-3-5-7-13/h3-7,9,11-12,14H,8,10H2,1-2H3/t11-,12+,14+/m0/s1. The number of carbonyl (C=O) groups excluding carboxylic acids is 3. The van der Waals surface area contributed by atoms with E-state index in [-0.39, 0.29) is 18.6 Å². The fourth-order valence-electron chi connectivity index (χ4n) is 2.33. The number of carbonyl (C=O) groups is 3. The van der Waals surface area contributed by atoms with Crippen molar-refractivity contribution in [3.63, 3.8) is 0 Å². The van der Waals surface area contributed by atoms with Crippen LogP contribution in [0.15, 0.2) is 30.3 Å². The van der Waals surface area contributed by atoms with Crippen LogP contribution >= 0.6 is 0 Å². The largest absolute Gasteiger partial charge is 0.447 e. The van der Waals surface area contributed by atoms with Crippen LogP contribution in [0.5, 0.6) is 0 Å². The molecular formula is C16H19NO4. The molecule has 3 atom stereocenters. The maximum absolute atomic E-state index is 12.4. The lowest BCUT2D eigenvalue weighted by Gasteiger charge is -2.24. The van der Waals surface area contributed by atoms with Crippen molar-refractivity contribution in [1.29, 1.82) is 0 Å². The first-order valence-corrected chi connectivity index (χ1v) is 7.03. The lowest BCUT2D eigenvalue weighted by molar-refractivity contribution is -0.136. The van der Waals surface area contributed by atoms with E-state index >= 15 is 0 Å². The number of benzene rings is 1. The van der Waals surface area contributed by atoms with E-state index in [0.29, 0.717) is 6.42 Å². The molecule has 0 N–H and O–H groups in total. The van der Waals surface area contributed by atoms with Gasteiger partial charge in [-0.1, -0.05) is 44.2 Å². The third-order valence-electron chi connectivity index (χ3n) is 3.91. The second kappa shape index (κ2) is 6.52. The van der Waals surface area contributed by atoms with Crippen LogP contribution in [-0.2, 0) is 20.7 Å². The van der Waals surface area contributed by atoms with Gasteiger partial charge in [-0.05, 0) is 12.0 Å². The Balaban J connectivity index is 2.13. The molecular weight excluding hydrogens is 270 g/mol. The van der Waals surface area contributed by atoms with Gasteiger partial charge >= 0.3 is 6.09 Å². The number of hydrogen-bond acceptors (Lipinski definition) is 4. The van der Waals surface area contributed by atoms with Gasteiger partial charge in [0.25, 0.3) is 0 Å². The average molecular weight is 289 g/mol. The number of nitrogens with zero attached hydrogens (tertiary/aromatic N) is 1. The molecule has 0 saturated carbocycles. The maximum Gasteiger partial charge on any atom is 0.416 e. The molecule has 1 aromatic carbocycles. The van der Waals surface area contributed by atoms with Crippen LogP contribution in [0.2, 0.25) is 0 Å². The molecule has 1 aliphatic rings. The summed E-state index contributed by atoms with van der Waals surface area (Å²) in [5, 5.41) is 0.